The van der Waals surface area contributed by atoms with Crippen LogP contribution in [0.4, 0.5) is 0 Å². The lowest BCUT2D eigenvalue weighted by Gasteiger charge is -2.13. The zero-order valence-electron chi connectivity index (χ0n) is 48.6. The Morgan fingerprint density at radius 1 is 0.222 bits per heavy atom. The molecular weight excluding hydrogens is 1090 g/mol. The maximum Gasteiger partial charge on any atom is 0.235 e. The highest BCUT2D eigenvalue weighted by atomic mass is 15.2. The van der Waals surface area contributed by atoms with Crippen molar-refractivity contribution >= 4 is 87.2 Å². The first-order valence-corrected chi connectivity index (χ1v) is 30.4. The third-order valence-electron chi connectivity index (χ3n) is 18.2. The van der Waals surface area contributed by atoms with Crippen LogP contribution in [0.1, 0.15) is 5.56 Å². The van der Waals surface area contributed by atoms with E-state index in [1.165, 1.54) is 65.5 Å². The Kier molecular flexibility index (Phi) is 11.5. The molecule has 0 aliphatic carbocycles. The molecule has 5 aromatic heterocycles. The summed E-state index contributed by atoms with van der Waals surface area (Å²) < 4.78 is 9.34. The van der Waals surface area contributed by atoms with E-state index in [0.717, 1.165) is 94.7 Å². The van der Waals surface area contributed by atoms with E-state index in [1.54, 1.807) is 0 Å². The van der Waals surface area contributed by atoms with Gasteiger partial charge in [-0.2, -0.15) is 5.26 Å². The summed E-state index contributed by atoms with van der Waals surface area (Å²) >= 11 is 0. The van der Waals surface area contributed by atoms with Crippen molar-refractivity contribution in [2.24, 2.45) is 0 Å². The molecule has 13 aromatic carbocycles. The molecule has 0 spiro atoms. The lowest BCUT2D eigenvalue weighted by molar-refractivity contribution is 0.995. The molecule has 0 unspecified atom stereocenters. The van der Waals surface area contributed by atoms with Gasteiger partial charge in [-0.15, -0.1) is 0 Å². The van der Waals surface area contributed by atoms with Gasteiger partial charge in [0.1, 0.15) is 0 Å². The molecule has 0 bridgehead atoms. The largest absolute Gasteiger partial charge is 0.309 e. The topological polar surface area (TPSA) is 69.3 Å². The molecule has 0 saturated carbocycles. The SMILES string of the molecule is N#Cc1cccc(-c2ccc(-c3cc(-c4ccc(-n5c6ccccc6c6cc(-c7ccc8c(c7)c7ccccc7n8-c7ccccc7)ccc65)cc4)nc(-n4c5ccccc5c5cc(-c6ccc7c(c6)c6ccccc6n7-c6ccccc6)ccc54)n3)cc2)c1. The quantitative estimate of drug-likeness (QED) is 0.145. The average Bonchev–Trinajstić information content (AvgIpc) is 2.12. The molecular formula is C83H51N7. The normalized spacial score (nSPS) is 11.8. The molecule has 418 valence electrons. The Hall–Kier alpha value is -12.4. The average molecular weight is 1150 g/mol. The van der Waals surface area contributed by atoms with E-state index in [9.17, 15) is 5.26 Å². The molecule has 0 saturated heterocycles. The Morgan fingerprint density at radius 2 is 0.533 bits per heavy atom. The number of hydrogen-bond donors (Lipinski definition) is 0. The molecule has 0 aliphatic heterocycles. The molecule has 90 heavy (non-hydrogen) atoms. The monoisotopic (exact) mass is 1150 g/mol. The molecule has 18 aromatic rings. The van der Waals surface area contributed by atoms with Gasteiger partial charge >= 0.3 is 0 Å². The molecule has 0 atom stereocenters. The van der Waals surface area contributed by atoms with Gasteiger partial charge < -0.3 is 13.7 Å². The number of nitrogens with zero attached hydrogens (tertiary/aromatic N) is 7. The number of benzene rings is 13. The van der Waals surface area contributed by atoms with Gasteiger partial charge in [-0.25, -0.2) is 9.97 Å². The van der Waals surface area contributed by atoms with Crippen LogP contribution in [-0.4, -0.2) is 28.2 Å². The second-order valence-electron chi connectivity index (χ2n) is 23.3. The van der Waals surface area contributed by atoms with Crippen molar-refractivity contribution in [2.45, 2.75) is 0 Å². The molecule has 0 aliphatic rings. The second kappa shape index (κ2) is 20.4. The number of hydrogen-bond acceptors (Lipinski definition) is 3. The number of nitriles is 1. The first-order chi connectivity index (χ1) is 44.6. The number of aromatic nitrogens is 6. The van der Waals surface area contributed by atoms with Crippen molar-refractivity contribution < 1.29 is 0 Å². The van der Waals surface area contributed by atoms with Gasteiger partial charge in [0.15, 0.2) is 0 Å². The lowest BCUT2D eigenvalue weighted by atomic mass is 10.0. The molecule has 0 radical (unpaired) electrons. The minimum absolute atomic E-state index is 0.575. The van der Waals surface area contributed by atoms with Crippen LogP contribution in [0.2, 0.25) is 0 Å². The summed E-state index contributed by atoms with van der Waals surface area (Å²) in [5.41, 5.74) is 23.1. The lowest BCUT2D eigenvalue weighted by Crippen LogP contribution is -2.04. The van der Waals surface area contributed by atoms with Crippen LogP contribution in [0.5, 0.6) is 0 Å². The van der Waals surface area contributed by atoms with Crippen molar-refractivity contribution in [3.05, 3.63) is 315 Å². The van der Waals surface area contributed by atoms with E-state index in [0.29, 0.717) is 11.5 Å². The van der Waals surface area contributed by atoms with Crippen LogP contribution in [-0.2, 0) is 0 Å². The molecule has 7 nitrogen and oxygen atoms in total. The van der Waals surface area contributed by atoms with E-state index in [2.05, 4.69) is 309 Å². The van der Waals surface area contributed by atoms with E-state index in [4.69, 9.17) is 9.97 Å². The highest BCUT2D eigenvalue weighted by Crippen LogP contribution is 2.42. The fraction of sp³-hybridized carbons (Fsp3) is 0. The smallest absolute Gasteiger partial charge is 0.235 e. The van der Waals surface area contributed by atoms with E-state index < -0.39 is 0 Å². The molecule has 5 heterocycles. The Balaban J connectivity index is 0.749. The van der Waals surface area contributed by atoms with Crippen LogP contribution in [0.3, 0.4) is 0 Å². The maximum absolute atomic E-state index is 9.72. The summed E-state index contributed by atoms with van der Waals surface area (Å²) in [6.07, 6.45) is 0. The summed E-state index contributed by atoms with van der Waals surface area (Å²) in [7, 11) is 0. The standard InChI is InChI=1S/C83H51N7/c84-52-53-16-15-17-57(46-53)54-30-32-55(33-31-54)73-51-74(86-83(85-73)90-78-29-14-10-25-68(78)72-50-61(39-45-82(72)90)60-37-43-80-70(48-60)66-23-8-12-27-76(66)88(80)63-20-5-2-6-21-63)56-34-40-64(41-35-56)89-77-28-13-9-24-67(77)71-49-59(38-44-81(71)89)58-36-42-79-69(47-58)65-22-7-11-26-75(65)87(79)62-18-3-1-4-19-62/h1-51H. The fourth-order valence-electron chi connectivity index (χ4n) is 14.0. The van der Waals surface area contributed by atoms with Gasteiger partial charge in [-0.05, 0) is 161 Å². The van der Waals surface area contributed by atoms with E-state index in [-0.39, 0.29) is 0 Å². The summed E-state index contributed by atoms with van der Waals surface area (Å²) in [4.78, 5) is 11.0. The van der Waals surface area contributed by atoms with E-state index >= 15 is 0 Å². The molecule has 0 N–H and O–H groups in total. The van der Waals surface area contributed by atoms with Crippen LogP contribution in [0.15, 0.2) is 309 Å². The van der Waals surface area contributed by atoms with Crippen molar-refractivity contribution in [3.8, 4) is 85.0 Å². The zero-order chi connectivity index (χ0) is 59.4. The van der Waals surface area contributed by atoms with Crippen LogP contribution < -0.4 is 0 Å². The summed E-state index contributed by atoms with van der Waals surface area (Å²) in [6, 6.07) is 113. The van der Waals surface area contributed by atoms with Gasteiger partial charge in [0.05, 0.1) is 67.2 Å². The van der Waals surface area contributed by atoms with Crippen molar-refractivity contribution in [1.29, 1.82) is 5.26 Å². The molecule has 7 heteroatoms. The second-order valence-corrected chi connectivity index (χ2v) is 23.3. The van der Waals surface area contributed by atoms with Gasteiger partial charge in [0, 0.05) is 71.3 Å². The van der Waals surface area contributed by atoms with Crippen molar-refractivity contribution in [3.63, 3.8) is 0 Å². The van der Waals surface area contributed by atoms with Crippen LogP contribution in [0, 0.1) is 11.3 Å². The first kappa shape index (κ1) is 50.9. The fourth-order valence-corrected chi connectivity index (χ4v) is 14.0. The third-order valence-corrected chi connectivity index (χ3v) is 18.2. The van der Waals surface area contributed by atoms with E-state index in [1.807, 2.05) is 24.3 Å². The Bertz CT molecular complexity index is 5960. The van der Waals surface area contributed by atoms with Crippen molar-refractivity contribution in [2.75, 3.05) is 0 Å². The van der Waals surface area contributed by atoms with Gasteiger partial charge in [-0.1, -0.05) is 182 Å². The van der Waals surface area contributed by atoms with Crippen molar-refractivity contribution in [1.82, 2.24) is 28.2 Å². The van der Waals surface area contributed by atoms with Crippen LogP contribution in [0.25, 0.3) is 166 Å². The Morgan fingerprint density at radius 3 is 0.944 bits per heavy atom. The highest BCUT2D eigenvalue weighted by Gasteiger charge is 2.21. The molecule has 0 amide bonds. The number of rotatable bonds is 9. The molecule has 18 rings (SSSR count). The molecule has 0 fully saturated rings. The summed E-state index contributed by atoms with van der Waals surface area (Å²) in [5, 5.41) is 19.2. The number of para-hydroxylation sites is 6. The predicted molar refractivity (Wildman–Crippen MR) is 371 cm³/mol. The third kappa shape index (κ3) is 8.13. The van der Waals surface area contributed by atoms with Gasteiger partial charge in [0.25, 0.3) is 0 Å². The van der Waals surface area contributed by atoms with Crippen LogP contribution >= 0.6 is 0 Å². The number of fused-ring (bicyclic) bond motifs is 12. The maximum atomic E-state index is 9.72. The van der Waals surface area contributed by atoms with Gasteiger partial charge in [0.2, 0.25) is 5.95 Å². The predicted octanol–water partition coefficient (Wildman–Crippen LogP) is 21.1. The first-order valence-electron chi connectivity index (χ1n) is 30.4. The summed E-state index contributed by atoms with van der Waals surface area (Å²) in [5.74, 6) is 0.575. The van der Waals surface area contributed by atoms with Gasteiger partial charge in [-0.3, -0.25) is 4.57 Å². The highest BCUT2D eigenvalue weighted by molar-refractivity contribution is 6.15. The minimum Gasteiger partial charge on any atom is -0.309 e. The summed E-state index contributed by atoms with van der Waals surface area (Å²) in [6.45, 7) is 0. The Labute approximate surface area is 517 Å². The minimum atomic E-state index is 0.575. The zero-order valence-corrected chi connectivity index (χ0v) is 48.6.